The lowest BCUT2D eigenvalue weighted by atomic mass is 9.88. The molecule has 21 heteroatoms. The predicted molar refractivity (Wildman–Crippen MR) is 111 cm³/mol. The van der Waals surface area contributed by atoms with Crippen molar-refractivity contribution in [3.63, 3.8) is 0 Å². The highest BCUT2D eigenvalue weighted by Crippen LogP contribution is 2.61. The number of ether oxygens (including phenoxy) is 2. The van der Waals surface area contributed by atoms with Gasteiger partial charge in [0.25, 0.3) is 0 Å². The van der Waals surface area contributed by atoms with Crippen molar-refractivity contribution >= 4 is 29.4 Å². The minimum absolute atomic E-state index is 0.457. The molecule has 7 N–H and O–H groups in total. The normalized spacial score (nSPS) is 38.7. The molecule has 0 saturated carbocycles. The summed E-state index contributed by atoms with van der Waals surface area (Å²) in [5.74, 6) is -1.86. The number of nitrogens with zero attached hydrogens (tertiary/aromatic N) is 3. The Kier molecular flexibility index (Phi) is 10.7. The highest BCUT2D eigenvalue weighted by Gasteiger charge is 2.50. The van der Waals surface area contributed by atoms with Gasteiger partial charge in [0.15, 0.2) is 6.29 Å². The van der Waals surface area contributed by atoms with Crippen LogP contribution in [-0.4, -0.2) is 113 Å². The van der Waals surface area contributed by atoms with E-state index >= 15 is 0 Å². The maximum atomic E-state index is 12.4. The highest BCUT2D eigenvalue weighted by atomic mass is 31.3. The zero-order valence-electron chi connectivity index (χ0n) is 18.1. The summed E-state index contributed by atoms with van der Waals surface area (Å²) in [6.45, 7) is -1.01. The van der Waals surface area contributed by atoms with Gasteiger partial charge in [0, 0.05) is 23.8 Å². The van der Waals surface area contributed by atoms with Gasteiger partial charge in [-0.25, -0.2) is 9.13 Å². The number of phosphoric acid groups is 2. The number of amides is 1. The first-order valence-corrected chi connectivity index (χ1v) is 12.9. The molecule has 2 heterocycles. The summed E-state index contributed by atoms with van der Waals surface area (Å²) in [4.78, 5) is 33.8. The molecular formula is C14H25BN4O14P2. The van der Waals surface area contributed by atoms with E-state index in [-0.39, 0.29) is 0 Å². The highest BCUT2D eigenvalue weighted by molar-refractivity contribution is 7.61. The minimum atomic E-state index is -5.54. The minimum Gasteiger partial charge on any atom is -0.396 e. The summed E-state index contributed by atoms with van der Waals surface area (Å²) in [5.41, 5.74) is 8.51. The maximum Gasteiger partial charge on any atom is 0.483 e. The summed E-state index contributed by atoms with van der Waals surface area (Å²) in [6.07, 6.45) is -9.37. The average Bonchev–Trinajstić information content (AvgIpc) is 2.99. The van der Waals surface area contributed by atoms with Gasteiger partial charge in [-0.15, -0.1) is 0 Å². The number of carbonyl (C=O) groups is 1. The van der Waals surface area contributed by atoms with Crippen molar-refractivity contribution in [1.29, 1.82) is 0 Å². The monoisotopic (exact) mass is 546 g/mol. The number of aliphatic hydroxyl groups excluding tert-OH is 4. The lowest BCUT2D eigenvalue weighted by Gasteiger charge is -2.43. The molecule has 18 nitrogen and oxygen atoms in total. The number of carbonyl (C=O) groups excluding carboxylic acids is 1. The van der Waals surface area contributed by atoms with Crippen molar-refractivity contribution in [2.24, 2.45) is 11.0 Å². The fraction of sp³-hybridized carbons (Fsp3) is 0.929. The van der Waals surface area contributed by atoms with Crippen molar-refractivity contribution in [2.45, 2.75) is 55.8 Å². The van der Waals surface area contributed by atoms with Crippen molar-refractivity contribution < 1.29 is 67.0 Å². The molecule has 2 radical (unpaired) electrons. The van der Waals surface area contributed by atoms with Crippen molar-refractivity contribution in [3.8, 4) is 0 Å². The van der Waals surface area contributed by atoms with E-state index in [4.69, 9.17) is 27.4 Å². The van der Waals surface area contributed by atoms with E-state index in [9.17, 15) is 44.1 Å². The second-order valence-corrected chi connectivity index (χ2v) is 10.6. The molecule has 2 aliphatic rings. The second-order valence-electron chi connectivity index (χ2n) is 7.56. The van der Waals surface area contributed by atoms with Crippen LogP contribution in [0.4, 0.5) is 0 Å². The number of hydrogen-bond acceptors (Lipinski definition) is 13. The number of hydrogen-bond donors (Lipinski definition) is 7. The van der Waals surface area contributed by atoms with Crippen LogP contribution in [0.1, 0.15) is 6.92 Å². The molecule has 1 amide bonds. The Labute approximate surface area is 199 Å². The van der Waals surface area contributed by atoms with Gasteiger partial charge in [-0.1, -0.05) is 5.11 Å². The molecule has 35 heavy (non-hydrogen) atoms. The van der Waals surface area contributed by atoms with E-state index in [2.05, 4.69) is 24.2 Å². The second kappa shape index (κ2) is 12.4. The Morgan fingerprint density at radius 1 is 1.14 bits per heavy atom. The van der Waals surface area contributed by atoms with Gasteiger partial charge in [-0.05, 0) is 5.53 Å². The third-order valence-electron chi connectivity index (χ3n) is 5.04. The smallest absolute Gasteiger partial charge is 0.396 e. The molecule has 9 unspecified atom stereocenters. The molecule has 0 aromatic rings. The molecule has 2 rings (SSSR count). The number of nitrogens with one attached hydrogen (secondary N) is 1. The first-order chi connectivity index (χ1) is 16.2. The SMILES string of the molecule is [B][C@@H]1O[C@H](COP(=O)(O)OP(=O)(O)OC2OC(CN=[N+]=[N-])C(CO)C(O)C2NC(C)=O)C(O)C1O. The number of azide groups is 1. The van der Waals surface area contributed by atoms with Gasteiger partial charge in [-0.3, -0.25) is 13.8 Å². The van der Waals surface area contributed by atoms with Gasteiger partial charge in [0.05, 0.1) is 38.1 Å². The summed E-state index contributed by atoms with van der Waals surface area (Å²) in [6, 6.07) is -2.88. The number of rotatable bonds is 11. The van der Waals surface area contributed by atoms with Crippen LogP contribution < -0.4 is 5.32 Å². The third kappa shape index (κ3) is 8.18. The van der Waals surface area contributed by atoms with E-state index in [1.807, 2.05) is 0 Å². The molecule has 2 saturated heterocycles. The fourth-order valence-electron chi connectivity index (χ4n) is 3.39. The molecule has 2 aliphatic heterocycles. The Hall–Kier alpha value is -1.14. The van der Waals surface area contributed by atoms with Crippen LogP contribution in [0, 0.1) is 5.92 Å². The van der Waals surface area contributed by atoms with E-state index in [0.717, 1.165) is 6.92 Å². The van der Waals surface area contributed by atoms with Crippen LogP contribution in [0.2, 0.25) is 0 Å². The van der Waals surface area contributed by atoms with Crippen molar-refractivity contribution in [3.05, 3.63) is 10.4 Å². The van der Waals surface area contributed by atoms with Gasteiger partial charge in [-0.2, -0.15) is 4.31 Å². The Morgan fingerprint density at radius 2 is 1.80 bits per heavy atom. The van der Waals surface area contributed by atoms with Crippen LogP contribution in [0.15, 0.2) is 5.11 Å². The van der Waals surface area contributed by atoms with Crippen molar-refractivity contribution in [1.82, 2.24) is 5.32 Å². The Morgan fingerprint density at radius 3 is 2.31 bits per heavy atom. The van der Waals surface area contributed by atoms with Crippen molar-refractivity contribution in [2.75, 3.05) is 19.8 Å². The number of aliphatic hydroxyl groups is 4. The van der Waals surface area contributed by atoms with Gasteiger partial charge < -0.3 is 45.0 Å². The molecule has 0 aromatic heterocycles. The standard InChI is InChI=1S/C14H25BN4O14P2/c1-5(21)18-9-10(22)6(3-20)7(2-17-19-16)31-14(9)32-35(27,28)33-34(25,26)29-4-8-11(23)12(24)13(15)30-8/h6-14,20,22-24H,2-4H2,1H3,(H,18,21)(H,25,26)(H,27,28)/t6?,7?,8-,9?,10?,11?,12?,13-,14?/m1/s1. The molecule has 0 bridgehead atoms. The molecule has 0 spiro atoms. The maximum absolute atomic E-state index is 12.4. The molecule has 11 atom stereocenters. The number of phosphoric ester groups is 2. The van der Waals surface area contributed by atoms with Crippen LogP contribution in [-0.2, 0) is 36.8 Å². The first kappa shape index (κ1) is 30.1. The summed E-state index contributed by atoms with van der Waals surface area (Å²) >= 11 is 0. The van der Waals surface area contributed by atoms with E-state index < -0.39 is 96.1 Å². The average molecular weight is 546 g/mol. The van der Waals surface area contributed by atoms with E-state index in [1.54, 1.807) is 0 Å². The fourth-order valence-corrected chi connectivity index (χ4v) is 5.56. The lowest BCUT2D eigenvalue weighted by molar-refractivity contribution is -0.226. The zero-order chi connectivity index (χ0) is 26.6. The topological polar surface area (TPSA) is 280 Å². The van der Waals surface area contributed by atoms with Crippen LogP contribution >= 0.6 is 15.6 Å². The summed E-state index contributed by atoms with van der Waals surface area (Å²) in [7, 11) is -5.55. The van der Waals surface area contributed by atoms with Gasteiger partial charge in [0.2, 0.25) is 5.91 Å². The summed E-state index contributed by atoms with van der Waals surface area (Å²) < 4.78 is 48.3. The van der Waals surface area contributed by atoms with Gasteiger partial charge >= 0.3 is 15.6 Å². The quantitative estimate of drug-likeness (QED) is 0.0459. The Balaban J connectivity index is 2.12. The first-order valence-electron chi connectivity index (χ1n) is 9.90. The molecule has 198 valence electrons. The largest absolute Gasteiger partial charge is 0.483 e. The molecule has 2 fully saturated rings. The van der Waals surface area contributed by atoms with Crippen LogP contribution in [0.5, 0.6) is 0 Å². The Bertz CT molecular complexity index is 895. The summed E-state index contributed by atoms with van der Waals surface area (Å²) in [5, 5.41) is 44.8. The van der Waals surface area contributed by atoms with Crippen LogP contribution in [0.3, 0.4) is 0 Å². The molecule has 0 aliphatic carbocycles. The van der Waals surface area contributed by atoms with Crippen LogP contribution in [0.25, 0.3) is 10.4 Å². The third-order valence-corrected chi connectivity index (χ3v) is 7.64. The zero-order valence-corrected chi connectivity index (χ0v) is 19.9. The predicted octanol–water partition coefficient (Wildman–Crippen LogP) is -2.64. The lowest BCUT2D eigenvalue weighted by Crippen LogP contribution is -2.62. The van der Waals surface area contributed by atoms with Gasteiger partial charge in [0.1, 0.15) is 26.1 Å². The van der Waals surface area contributed by atoms with E-state index in [1.165, 1.54) is 0 Å². The molecular weight excluding hydrogens is 521 g/mol. The van der Waals surface area contributed by atoms with E-state index in [0.29, 0.717) is 0 Å². The molecule has 0 aromatic carbocycles.